The van der Waals surface area contributed by atoms with Crippen LogP contribution in [-0.2, 0) is 22.5 Å². The first-order chi connectivity index (χ1) is 9.67. The van der Waals surface area contributed by atoms with Crippen molar-refractivity contribution in [1.29, 1.82) is 0 Å². The monoisotopic (exact) mass is 311 g/mol. The number of fused-ring (bicyclic) bond motifs is 1. The van der Waals surface area contributed by atoms with E-state index in [0.717, 1.165) is 11.1 Å². The van der Waals surface area contributed by atoms with E-state index >= 15 is 0 Å². The fourth-order valence-electron chi connectivity index (χ4n) is 2.28. The van der Waals surface area contributed by atoms with Crippen LogP contribution in [0, 0.1) is 0 Å². The van der Waals surface area contributed by atoms with Gasteiger partial charge in [-0.15, -0.1) is 0 Å². The lowest BCUT2D eigenvalue weighted by Crippen LogP contribution is -2.50. The number of ether oxygens (including phenoxy) is 1. The first-order valence-electron chi connectivity index (χ1n) is 6.67. The molecule has 1 atom stereocenters. The fourth-order valence-corrected chi connectivity index (χ4v) is 2.48. The third kappa shape index (κ3) is 3.67. The van der Waals surface area contributed by atoms with Crippen LogP contribution in [0.25, 0.3) is 0 Å². The van der Waals surface area contributed by atoms with Gasteiger partial charge in [0.25, 0.3) is 0 Å². The summed E-state index contributed by atoms with van der Waals surface area (Å²) < 4.78 is 5.29. The number of benzene rings is 1. The van der Waals surface area contributed by atoms with E-state index in [2.05, 4.69) is 0 Å². The molecule has 1 N–H and O–H groups in total. The molecule has 114 valence electrons. The maximum Gasteiger partial charge on any atom is 0.411 e. The number of aliphatic carboxylic acids is 1. The van der Waals surface area contributed by atoms with Crippen molar-refractivity contribution in [3.8, 4) is 0 Å². The van der Waals surface area contributed by atoms with Crippen molar-refractivity contribution >= 4 is 23.7 Å². The molecule has 1 aliphatic heterocycles. The second kappa shape index (κ2) is 5.56. The topological polar surface area (TPSA) is 66.8 Å². The second-order valence-electron chi connectivity index (χ2n) is 6.08. The highest BCUT2D eigenvalue weighted by Gasteiger charge is 2.36. The summed E-state index contributed by atoms with van der Waals surface area (Å²) in [6, 6.07) is 4.35. The highest BCUT2D eigenvalue weighted by Crippen LogP contribution is 2.27. The highest BCUT2D eigenvalue weighted by molar-refractivity contribution is 6.30. The highest BCUT2D eigenvalue weighted by atomic mass is 35.5. The number of carboxylic acid groups (broad SMARTS) is 1. The average molecular weight is 312 g/mol. The minimum atomic E-state index is -1.05. The molecule has 2 rings (SSSR count). The smallest absolute Gasteiger partial charge is 0.411 e. The number of carbonyl (C=O) groups excluding carboxylic acids is 1. The number of halogens is 1. The molecule has 1 aliphatic rings. The summed E-state index contributed by atoms with van der Waals surface area (Å²) in [4.78, 5) is 24.9. The summed E-state index contributed by atoms with van der Waals surface area (Å²) in [5.41, 5.74) is 1.08. The summed E-state index contributed by atoms with van der Waals surface area (Å²) in [5, 5.41) is 9.93. The van der Waals surface area contributed by atoms with Crippen LogP contribution in [0.15, 0.2) is 18.2 Å². The van der Waals surface area contributed by atoms with Gasteiger partial charge in [-0.2, -0.15) is 0 Å². The normalized spacial score (nSPS) is 18.1. The van der Waals surface area contributed by atoms with Gasteiger partial charge >= 0.3 is 12.1 Å². The average Bonchev–Trinajstić information content (AvgIpc) is 2.34. The van der Waals surface area contributed by atoms with Crippen LogP contribution in [-0.4, -0.2) is 33.7 Å². The van der Waals surface area contributed by atoms with Gasteiger partial charge in [-0.05, 0) is 44.0 Å². The summed E-state index contributed by atoms with van der Waals surface area (Å²) in [6.07, 6.45) is -0.389. The van der Waals surface area contributed by atoms with Gasteiger partial charge in [-0.25, -0.2) is 9.59 Å². The Balaban J connectivity index is 2.30. The summed E-state index contributed by atoms with van der Waals surface area (Å²) >= 11 is 5.94. The molecular formula is C15H18ClNO4. The summed E-state index contributed by atoms with van der Waals surface area (Å²) in [7, 11) is 0. The Morgan fingerprint density at radius 2 is 2.00 bits per heavy atom. The van der Waals surface area contributed by atoms with Gasteiger partial charge in [0.2, 0.25) is 0 Å². The standard InChI is InChI=1S/C15H18ClNO4/c1-15(2,3)21-14(20)17-8-9-4-5-11(16)6-10(9)7-12(17)13(18)19/h4-6,12H,7-8H2,1-3H3,(H,18,19). The zero-order valence-electron chi connectivity index (χ0n) is 12.2. The molecular weight excluding hydrogens is 294 g/mol. The van der Waals surface area contributed by atoms with Gasteiger partial charge in [0.05, 0.1) is 6.54 Å². The molecule has 0 spiro atoms. The molecule has 1 aromatic rings. The van der Waals surface area contributed by atoms with Crippen LogP contribution in [0.4, 0.5) is 4.79 Å². The van der Waals surface area contributed by atoms with E-state index in [9.17, 15) is 14.7 Å². The molecule has 0 bridgehead atoms. The molecule has 1 heterocycles. The molecule has 21 heavy (non-hydrogen) atoms. The molecule has 0 fully saturated rings. The number of nitrogens with zero attached hydrogens (tertiary/aromatic N) is 1. The minimum absolute atomic E-state index is 0.207. The van der Waals surface area contributed by atoms with Gasteiger partial charge in [-0.1, -0.05) is 17.7 Å². The van der Waals surface area contributed by atoms with Gasteiger partial charge in [-0.3, -0.25) is 4.90 Å². The third-order valence-corrected chi connectivity index (χ3v) is 3.45. The molecule has 6 heteroatoms. The van der Waals surface area contributed by atoms with E-state index in [1.807, 2.05) is 6.07 Å². The van der Waals surface area contributed by atoms with Crippen molar-refractivity contribution in [3.05, 3.63) is 34.3 Å². The van der Waals surface area contributed by atoms with E-state index in [-0.39, 0.29) is 13.0 Å². The molecule has 0 saturated carbocycles. The Kier molecular flexibility index (Phi) is 4.14. The molecule has 1 amide bonds. The van der Waals surface area contributed by atoms with Crippen molar-refractivity contribution in [1.82, 2.24) is 4.90 Å². The molecule has 0 saturated heterocycles. The number of rotatable bonds is 1. The Labute approximate surface area is 128 Å². The zero-order valence-corrected chi connectivity index (χ0v) is 13.0. The maximum absolute atomic E-state index is 12.2. The summed E-state index contributed by atoms with van der Waals surface area (Å²) in [5.74, 6) is -1.05. The van der Waals surface area contributed by atoms with E-state index in [1.165, 1.54) is 4.90 Å². The van der Waals surface area contributed by atoms with Gasteiger partial charge < -0.3 is 9.84 Å². The van der Waals surface area contributed by atoms with Crippen LogP contribution in [0.2, 0.25) is 5.02 Å². The Bertz CT molecular complexity index is 580. The van der Waals surface area contributed by atoms with Gasteiger partial charge in [0.15, 0.2) is 0 Å². The lowest BCUT2D eigenvalue weighted by molar-refractivity contribution is -0.143. The Morgan fingerprint density at radius 3 is 2.57 bits per heavy atom. The van der Waals surface area contributed by atoms with Gasteiger partial charge in [0.1, 0.15) is 11.6 Å². The van der Waals surface area contributed by atoms with Crippen molar-refractivity contribution in [3.63, 3.8) is 0 Å². The van der Waals surface area contributed by atoms with Crippen LogP contribution in [0.5, 0.6) is 0 Å². The van der Waals surface area contributed by atoms with Crippen LogP contribution in [0.3, 0.4) is 0 Å². The minimum Gasteiger partial charge on any atom is -0.480 e. The number of carbonyl (C=O) groups is 2. The number of hydrogen-bond acceptors (Lipinski definition) is 3. The van der Waals surface area contributed by atoms with Crippen molar-refractivity contribution < 1.29 is 19.4 Å². The van der Waals surface area contributed by atoms with Crippen LogP contribution < -0.4 is 0 Å². The number of amides is 1. The molecule has 1 aromatic carbocycles. The predicted molar refractivity (Wildman–Crippen MR) is 78.4 cm³/mol. The number of hydrogen-bond donors (Lipinski definition) is 1. The molecule has 0 aromatic heterocycles. The van der Waals surface area contributed by atoms with Crippen LogP contribution >= 0.6 is 11.6 Å². The lowest BCUT2D eigenvalue weighted by Gasteiger charge is -2.35. The Morgan fingerprint density at radius 1 is 1.33 bits per heavy atom. The second-order valence-corrected chi connectivity index (χ2v) is 6.52. The van der Waals surface area contributed by atoms with Gasteiger partial charge in [0, 0.05) is 11.4 Å². The van der Waals surface area contributed by atoms with E-state index in [1.54, 1.807) is 32.9 Å². The van der Waals surface area contributed by atoms with E-state index < -0.39 is 23.7 Å². The third-order valence-electron chi connectivity index (χ3n) is 3.21. The molecule has 0 radical (unpaired) electrons. The van der Waals surface area contributed by atoms with E-state index in [4.69, 9.17) is 16.3 Å². The van der Waals surface area contributed by atoms with Crippen LogP contribution in [0.1, 0.15) is 31.9 Å². The summed E-state index contributed by atoms with van der Waals surface area (Å²) in [6.45, 7) is 5.45. The van der Waals surface area contributed by atoms with E-state index in [0.29, 0.717) is 5.02 Å². The fraction of sp³-hybridized carbons (Fsp3) is 0.467. The van der Waals surface area contributed by atoms with Crippen molar-refractivity contribution in [2.24, 2.45) is 0 Å². The first kappa shape index (κ1) is 15.6. The Hall–Kier alpha value is -1.75. The quantitative estimate of drug-likeness (QED) is 0.865. The maximum atomic E-state index is 12.2. The number of carboxylic acids is 1. The van der Waals surface area contributed by atoms with Crippen molar-refractivity contribution in [2.45, 2.75) is 45.4 Å². The molecule has 5 nitrogen and oxygen atoms in total. The zero-order chi connectivity index (χ0) is 15.8. The largest absolute Gasteiger partial charge is 0.480 e. The lowest BCUT2D eigenvalue weighted by atomic mass is 9.94. The predicted octanol–water partition coefficient (Wildman–Crippen LogP) is 3.09. The molecule has 1 unspecified atom stereocenters. The SMILES string of the molecule is CC(C)(C)OC(=O)N1Cc2ccc(Cl)cc2CC1C(=O)O. The molecule has 0 aliphatic carbocycles. The van der Waals surface area contributed by atoms with Crippen molar-refractivity contribution in [2.75, 3.05) is 0 Å². The first-order valence-corrected chi connectivity index (χ1v) is 7.05.